The van der Waals surface area contributed by atoms with Gasteiger partial charge in [0.25, 0.3) is 11.1 Å². The molecule has 7 nitrogen and oxygen atoms in total. The highest BCUT2D eigenvalue weighted by Gasteiger charge is 2.17. The van der Waals surface area contributed by atoms with Crippen LogP contribution in [0, 0.1) is 0 Å². The number of fused-ring (bicyclic) bond motifs is 1. The summed E-state index contributed by atoms with van der Waals surface area (Å²) in [7, 11) is 0. The van der Waals surface area contributed by atoms with Gasteiger partial charge in [-0.25, -0.2) is 4.98 Å². The van der Waals surface area contributed by atoms with Crippen molar-refractivity contribution in [3.63, 3.8) is 0 Å². The molecule has 0 bridgehead atoms. The van der Waals surface area contributed by atoms with Crippen molar-refractivity contribution in [1.82, 2.24) is 14.7 Å². The second kappa shape index (κ2) is 5.13. The Labute approximate surface area is 125 Å². The predicted octanol–water partition coefficient (Wildman–Crippen LogP) is 1.90. The van der Waals surface area contributed by atoms with Crippen LogP contribution in [0.1, 0.15) is 0 Å². The fourth-order valence-electron chi connectivity index (χ4n) is 1.91. The minimum absolute atomic E-state index is 0.0586. The van der Waals surface area contributed by atoms with Crippen molar-refractivity contribution in [3.8, 4) is 11.3 Å². The van der Waals surface area contributed by atoms with Crippen molar-refractivity contribution in [1.29, 1.82) is 0 Å². The van der Waals surface area contributed by atoms with E-state index in [0.717, 1.165) is 14.6 Å². The summed E-state index contributed by atoms with van der Waals surface area (Å²) in [5, 5.41) is 12.6. The Morgan fingerprint density at radius 1 is 1.33 bits per heavy atom. The smallest absolute Gasteiger partial charge is 0.323 e. The van der Waals surface area contributed by atoms with Gasteiger partial charge in [0, 0.05) is 10.0 Å². The van der Waals surface area contributed by atoms with Crippen LogP contribution in [-0.4, -0.2) is 25.8 Å². The zero-order valence-corrected chi connectivity index (χ0v) is 12.1. The molecular formula is C13H8BrN3O4. The van der Waals surface area contributed by atoms with E-state index in [1.54, 1.807) is 0 Å². The van der Waals surface area contributed by atoms with Crippen molar-refractivity contribution >= 4 is 33.0 Å². The number of nitrogens with zero attached hydrogens (tertiary/aromatic N) is 3. The standard InChI is InChI=1S/C13H8BrN3O4/c14-8-3-1-7(2-4-8)10-11-12(21-16-10)13(20)17(6-15-11)5-9(18)19/h1-4,6H,5H2,(H,18,19). The summed E-state index contributed by atoms with van der Waals surface area (Å²) in [6.07, 6.45) is 1.18. The number of benzene rings is 1. The molecule has 0 radical (unpaired) electrons. The van der Waals surface area contributed by atoms with Crippen LogP contribution in [0.3, 0.4) is 0 Å². The van der Waals surface area contributed by atoms with E-state index in [1.807, 2.05) is 24.3 Å². The third-order valence-corrected chi connectivity index (χ3v) is 3.40. The van der Waals surface area contributed by atoms with E-state index in [1.165, 1.54) is 6.33 Å². The van der Waals surface area contributed by atoms with Crippen LogP contribution in [0.15, 0.2) is 44.4 Å². The van der Waals surface area contributed by atoms with Gasteiger partial charge in [-0.05, 0) is 12.1 Å². The summed E-state index contributed by atoms with van der Waals surface area (Å²) in [6.45, 7) is -0.476. The molecule has 3 rings (SSSR count). The molecule has 1 aromatic carbocycles. The van der Waals surface area contributed by atoms with Crippen molar-refractivity contribution in [2.24, 2.45) is 0 Å². The summed E-state index contributed by atoms with van der Waals surface area (Å²) in [5.74, 6) is -1.13. The maximum atomic E-state index is 12.1. The number of aromatic nitrogens is 3. The molecule has 0 fully saturated rings. The predicted molar refractivity (Wildman–Crippen MR) is 76.8 cm³/mol. The first-order valence-electron chi connectivity index (χ1n) is 5.89. The fourth-order valence-corrected chi connectivity index (χ4v) is 2.18. The highest BCUT2D eigenvalue weighted by atomic mass is 79.9. The highest BCUT2D eigenvalue weighted by molar-refractivity contribution is 9.10. The van der Waals surface area contributed by atoms with Crippen LogP contribution in [0.25, 0.3) is 22.4 Å². The van der Waals surface area contributed by atoms with Crippen molar-refractivity contribution < 1.29 is 14.4 Å². The summed E-state index contributed by atoms with van der Waals surface area (Å²) >= 11 is 3.33. The molecule has 2 heterocycles. The van der Waals surface area contributed by atoms with Gasteiger partial charge >= 0.3 is 5.97 Å². The lowest BCUT2D eigenvalue weighted by Gasteiger charge is -2.00. The quantitative estimate of drug-likeness (QED) is 0.775. The van der Waals surface area contributed by atoms with Gasteiger partial charge in [-0.15, -0.1) is 0 Å². The van der Waals surface area contributed by atoms with E-state index in [2.05, 4.69) is 26.1 Å². The molecule has 106 valence electrons. The van der Waals surface area contributed by atoms with E-state index >= 15 is 0 Å². The summed E-state index contributed by atoms with van der Waals surface area (Å²) in [4.78, 5) is 26.8. The largest absolute Gasteiger partial charge is 0.480 e. The Bertz CT molecular complexity index is 883. The first kappa shape index (κ1) is 13.5. The minimum atomic E-state index is -1.13. The number of aliphatic carboxylic acids is 1. The van der Waals surface area contributed by atoms with Crippen LogP contribution < -0.4 is 5.56 Å². The van der Waals surface area contributed by atoms with Gasteiger partial charge in [-0.3, -0.25) is 14.2 Å². The highest BCUT2D eigenvalue weighted by Crippen LogP contribution is 2.25. The first-order chi connectivity index (χ1) is 10.1. The normalized spacial score (nSPS) is 10.9. The fraction of sp³-hybridized carbons (Fsp3) is 0.0769. The second-order valence-electron chi connectivity index (χ2n) is 4.29. The lowest BCUT2D eigenvalue weighted by Crippen LogP contribution is -2.23. The van der Waals surface area contributed by atoms with Crippen LogP contribution in [0.5, 0.6) is 0 Å². The molecule has 21 heavy (non-hydrogen) atoms. The van der Waals surface area contributed by atoms with Crippen LogP contribution in [0.2, 0.25) is 0 Å². The number of carboxylic acids is 1. The summed E-state index contributed by atoms with van der Waals surface area (Å²) < 4.78 is 6.91. The van der Waals surface area contributed by atoms with Gasteiger partial charge in [0.05, 0.1) is 6.33 Å². The molecule has 8 heteroatoms. The molecule has 0 atom stereocenters. The van der Waals surface area contributed by atoms with Crippen molar-refractivity contribution in [2.75, 3.05) is 0 Å². The topological polar surface area (TPSA) is 98.2 Å². The van der Waals surface area contributed by atoms with E-state index < -0.39 is 18.1 Å². The third-order valence-electron chi connectivity index (χ3n) is 2.87. The molecule has 0 amide bonds. The lowest BCUT2D eigenvalue weighted by molar-refractivity contribution is -0.137. The third kappa shape index (κ3) is 2.45. The Morgan fingerprint density at radius 3 is 2.71 bits per heavy atom. The van der Waals surface area contributed by atoms with Gasteiger partial charge in [0.1, 0.15) is 17.8 Å². The molecular weight excluding hydrogens is 342 g/mol. The van der Waals surface area contributed by atoms with Crippen LogP contribution in [-0.2, 0) is 11.3 Å². The van der Waals surface area contributed by atoms with Gasteiger partial charge in [0.2, 0.25) is 0 Å². The number of hydrogen-bond donors (Lipinski definition) is 1. The van der Waals surface area contributed by atoms with E-state index in [-0.39, 0.29) is 5.58 Å². The number of rotatable bonds is 3. The van der Waals surface area contributed by atoms with E-state index in [9.17, 15) is 9.59 Å². The molecule has 0 aliphatic rings. The van der Waals surface area contributed by atoms with E-state index in [0.29, 0.717) is 11.2 Å². The molecule has 2 aromatic heterocycles. The number of halogens is 1. The molecule has 3 aromatic rings. The first-order valence-corrected chi connectivity index (χ1v) is 6.68. The Hall–Kier alpha value is -2.48. The van der Waals surface area contributed by atoms with Crippen LogP contribution in [0.4, 0.5) is 0 Å². The SMILES string of the molecule is O=C(O)Cn1cnc2c(-c3ccc(Br)cc3)noc2c1=O. The maximum Gasteiger partial charge on any atom is 0.323 e. The Kier molecular flexibility index (Phi) is 3.30. The molecule has 0 unspecified atom stereocenters. The molecule has 1 N–H and O–H groups in total. The molecule has 0 aliphatic carbocycles. The van der Waals surface area contributed by atoms with Gasteiger partial charge in [-0.1, -0.05) is 33.2 Å². The Balaban J connectivity index is 2.15. The number of carbonyl (C=O) groups is 1. The maximum absolute atomic E-state index is 12.1. The van der Waals surface area contributed by atoms with Crippen molar-refractivity contribution in [2.45, 2.75) is 6.54 Å². The van der Waals surface area contributed by atoms with Gasteiger partial charge in [-0.2, -0.15) is 0 Å². The number of hydrogen-bond acceptors (Lipinski definition) is 5. The molecule has 0 saturated heterocycles. The zero-order chi connectivity index (χ0) is 15.0. The number of carboxylic acid groups (broad SMARTS) is 1. The van der Waals surface area contributed by atoms with Gasteiger partial charge < -0.3 is 9.63 Å². The average Bonchev–Trinajstić information content (AvgIpc) is 2.87. The molecule has 0 saturated carbocycles. The Morgan fingerprint density at radius 2 is 2.05 bits per heavy atom. The zero-order valence-electron chi connectivity index (χ0n) is 10.5. The van der Waals surface area contributed by atoms with Crippen LogP contribution >= 0.6 is 15.9 Å². The van der Waals surface area contributed by atoms with E-state index in [4.69, 9.17) is 9.63 Å². The lowest BCUT2D eigenvalue weighted by atomic mass is 10.1. The monoisotopic (exact) mass is 349 g/mol. The minimum Gasteiger partial charge on any atom is -0.480 e. The molecule has 0 aliphatic heterocycles. The average molecular weight is 350 g/mol. The van der Waals surface area contributed by atoms with Crippen molar-refractivity contribution in [3.05, 3.63) is 45.4 Å². The second-order valence-corrected chi connectivity index (χ2v) is 5.20. The summed E-state index contributed by atoms with van der Waals surface area (Å²) in [5.41, 5.74) is 0.871. The molecule has 0 spiro atoms. The summed E-state index contributed by atoms with van der Waals surface area (Å²) in [6, 6.07) is 7.29. The van der Waals surface area contributed by atoms with Gasteiger partial charge in [0.15, 0.2) is 0 Å².